The van der Waals surface area contributed by atoms with Crippen LogP contribution in [-0.4, -0.2) is 33.2 Å². The largest absolute Gasteiger partial charge is 0.378 e. The molecule has 5 rings (SSSR count). The summed E-state index contributed by atoms with van der Waals surface area (Å²) in [5.74, 6) is -2.87. The Morgan fingerprint density at radius 2 is 1.78 bits per heavy atom. The molecule has 0 aliphatic carbocycles. The lowest BCUT2D eigenvalue weighted by Gasteiger charge is -2.31. The van der Waals surface area contributed by atoms with Crippen LogP contribution in [0.15, 0.2) is 61.1 Å². The van der Waals surface area contributed by atoms with Gasteiger partial charge in [0.05, 0.1) is 45.3 Å². The van der Waals surface area contributed by atoms with Gasteiger partial charge in [-0.1, -0.05) is 23.7 Å². The number of hydrogen-bond acceptors (Lipinski definition) is 7. The number of pyridine rings is 2. The second-order valence-corrected chi connectivity index (χ2v) is 8.34. The summed E-state index contributed by atoms with van der Waals surface area (Å²) in [4.78, 5) is 7.63. The van der Waals surface area contributed by atoms with E-state index in [1.54, 1.807) is 12.1 Å². The fourth-order valence-corrected chi connectivity index (χ4v) is 4.07. The smallest absolute Gasteiger partial charge is 0.249 e. The van der Waals surface area contributed by atoms with Gasteiger partial charge < -0.3 is 10.6 Å². The van der Waals surface area contributed by atoms with Crippen LogP contribution in [0.3, 0.4) is 0 Å². The Balaban J connectivity index is 1.65. The van der Waals surface area contributed by atoms with Crippen molar-refractivity contribution < 1.29 is 13.2 Å². The van der Waals surface area contributed by atoms with E-state index in [1.165, 1.54) is 36.7 Å². The van der Waals surface area contributed by atoms with Crippen molar-refractivity contribution in [2.24, 2.45) is 0 Å². The molecule has 3 N–H and O–H groups in total. The zero-order chi connectivity index (χ0) is 26.2. The van der Waals surface area contributed by atoms with E-state index >= 15 is 0 Å². The number of nitrogens with one attached hydrogen (secondary N) is 3. The molecule has 3 heterocycles. The Morgan fingerprint density at radius 1 is 1.00 bits per heavy atom. The molecule has 0 aliphatic heterocycles. The Bertz CT molecular complexity index is 1660. The van der Waals surface area contributed by atoms with Crippen molar-refractivity contribution in [3.05, 3.63) is 100 Å². The third kappa shape index (κ3) is 4.52. The number of fused-ring (bicyclic) bond motifs is 1. The molecule has 8 nitrogen and oxygen atoms in total. The summed E-state index contributed by atoms with van der Waals surface area (Å²) in [6.07, 6.45) is 3.80. The Kier molecular flexibility index (Phi) is 6.15. The van der Waals surface area contributed by atoms with E-state index in [0.29, 0.717) is 27.8 Å². The number of rotatable bonds is 6. The first-order valence-electron chi connectivity index (χ1n) is 10.6. The van der Waals surface area contributed by atoms with Gasteiger partial charge in [0, 0.05) is 23.3 Å². The van der Waals surface area contributed by atoms with Crippen molar-refractivity contribution in [3.63, 3.8) is 0 Å². The number of halogens is 4. The lowest BCUT2D eigenvalue weighted by atomic mass is 9.69. The van der Waals surface area contributed by atoms with E-state index in [-0.39, 0.29) is 22.0 Å². The quantitative estimate of drug-likeness (QED) is 0.217. The predicted octanol–water partition coefficient (Wildman–Crippen LogP) is 4.92. The summed E-state index contributed by atoms with van der Waals surface area (Å²) in [7, 11) is 6.74. The highest BCUT2D eigenvalue weighted by atomic mass is 35.5. The van der Waals surface area contributed by atoms with Crippen LogP contribution in [0.5, 0.6) is 0 Å². The normalized spacial score (nSPS) is 12.6. The second-order valence-electron chi connectivity index (χ2n) is 7.93. The molecule has 0 bridgehead atoms. The molecule has 180 valence electrons. The van der Waals surface area contributed by atoms with Gasteiger partial charge in [0.1, 0.15) is 25.4 Å². The minimum absolute atomic E-state index is 0.0967. The van der Waals surface area contributed by atoms with Crippen molar-refractivity contribution in [3.8, 4) is 6.07 Å². The van der Waals surface area contributed by atoms with E-state index in [2.05, 4.69) is 36.0 Å². The maximum Gasteiger partial charge on any atom is 0.249 e. The first-order valence-corrected chi connectivity index (χ1v) is 11.0. The number of hydrogen-bond donors (Lipinski definition) is 3. The van der Waals surface area contributed by atoms with E-state index in [9.17, 15) is 18.4 Å². The number of nitrogens with zero attached hydrogens (tertiary/aromatic N) is 5. The van der Waals surface area contributed by atoms with Crippen molar-refractivity contribution in [2.75, 3.05) is 10.6 Å². The summed E-state index contributed by atoms with van der Waals surface area (Å²) >= 11 is 6.54. The Morgan fingerprint density at radius 3 is 2.46 bits per heavy atom. The van der Waals surface area contributed by atoms with Crippen molar-refractivity contribution >= 4 is 47.4 Å². The van der Waals surface area contributed by atoms with Gasteiger partial charge in [-0.05, 0) is 29.8 Å². The zero-order valence-corrected chi connectivity index (χ0v) is 19.4. The summed E-state index contributed by atoms with van der Waals surface area (Å²) in [5.41, 5.74) is 0.441. The number of anilines is 3. The first-order chi connectivity index (χ1) is 17.8. The highest BCUT2D eigenvalue weighted by Gasteiger charge is 2.31. The average Bonchev–Trinajstić information content (AvgIpc) is 3.43. The molecule has 1 atom stereocenters. The van der Waals surface area contributed by atoms with Crippen LogP contribution >= 0.6 is 11.6 Å². The van der Waals surface area contributed by atoms with Gasteiger partial charge >= 0.3 is 0 Å². The van der Waals surface area contributed by atoms with Gasteiger partial charge in [0.15, 0.2) is 5.82 Å². The van der Waals surface area contributed by atoms with E-state index in [0.717, 1.165) is 12.3 Å². The molecule has 0 amide bonds. The van der Waals surface area contributed by atoms with Crippen LogP contribution in [-0.2, 0) is 5.44 Å². The van der Waals surface area contributed by atoms with Gasteiger partial charge in [-0.2, -0.15) is 25.1 Å². The van der Waals surface area contributed by atoms with E-state index in [1.807, 2.05) is 6.07 Å². The molecule has 0 saturated carbocycles. The molecular formula is C24H13BClF3N8. The summed E-state index contributed by atoms with van der Waals surface area (Å²) < 4.78 is 40.7. The number of aromatic amines is 1. The molecular weight excluding hydrogens is 504 g/mol. The summed E-state index contributed by atoms with van der Waals surface area (Å²) in [5, 5.41) is 26.7. The van der Waals surface area contributed by atoms with Gasteiger partial charge in [0.2, 0.25) is 5.95 Å². The van der Waals surface area contributed by atoms with Crippen LogP contribution in [0.4, 0.5) is 30.2 Å². The van der Waals surface area contributed by atoms with Crippen molar-refractivity contribution in [1.82, 2.24) is 25.4 Å². The predicted molar refractivity (Wildman–Crippen MR) is 132 cm³/mol. The SMILES string of the molecule is [B]C(Nc1cc(Cl)c2ncc(C#N)c(Nc3cnc(F)c(F)c3)c2c1)(c1ccc(F)cc1)c1cn[nH]n1. The van der Waals surface area contributed by atoms with Crippen LogP contribution < -0.4 is 10.6 Å². The van der Waals surface area contributed by atoms with Crippen molar-refractivity contribution in [1.29, 1.82) is 5.26 Å². The molecule has 0 spiro atoms. The monoisotopic (exact) mass is 516 g/mol. The number of nitriles is 1. The van der Waals surface area contributed by atoms with Gasteiger partial charge in [0.25, 0.3) is 0 Å². The Hall–Kier alpha value is -4.63. The summed E-state index contributed by atoms with van der Waals surface area (Å²) in [6.45, 7) is 0. The molecule has 3 aromatic heterocycles. The minimum Gasteiger partial charge on any atom is -0.378 e. The summed E-state index contributed by atoms with van der Waals surface area (Å²) in [6, 6.07) is 11.6. The molecule has 13 heteroatoms. The standard InChI is InChI=1S/C24H13BClF3N8/c25-24(20-11-33-37-36-20,13-1-3-14(27)4-2-13)35-15-5-17-21(34-16-7-19(28)23(29)32-10-16)12(8-30)9-31-22(17)18(26)6-15/h1-7,9-11,35H,(H,31,34)(H,33,36,37). The van der Waals surface area contributed by atoms with Gasteiger partial charge in [-0.25, -0.2) is 13.8 Å². The second kappa shape index (κ2) is 9.44. The Labute approximate surface area is 213 Å². The van der Waals surface area contributed by atoms with Crippen LogP contribution in [0, 0.1) is 28.9 Å². The van der Waals surface area contributed by atoms with Crippen LogP contribution in [0.1, 0.15) is 16.8 Å². The van der Waals surface area contributed by atoms with E-state index in [4.69, 9.17) is 19.4 Å². The van der Waals surface area contributed by atoms with Gasteiger partial charge in [-0.3, -0.25) is 4.98 Å². The molecule has 5 aromatic rings. The average molecular weight is 517 g/mol. The fraction of sp³-hybridized carbons (Fsp3) is 0.0417. The number of H-pyrrole nitrogens is 1. The third-order valence-corrected chi connectivity index (χ3v) is 5.86. The molecule has 37 heavy (non-hydrogen) atoms. The molecule has 0 fully saturated rings. The fourth-order valence-electron chi connectivity index (χ4n) is 3.80. The maximum atomic E-state index is 13.8. The first kappa shape index (κ1) is 24.1. The minimum atomic E-state index is -1.48. The molecule has 0 aliphatic rings. The number of aromatic nitrogens is 5. The lowest BCUT2D eigenvalue weighted by molar-refractivity contribution is 0.480. The highest BCUT2D eigenvalue weighted by Crippen LogP contribution is 2.37. The topological polar surface area (TPSA) is 115 Å². The van der Waals surface area contributed by atoms with E-state index < -0.39 is 23.0 Å². The molecule has 2 aromatic carbocycles. The highest BCUT2D eigenvalue weighted by molar-refractivity contribution is 6.36. The van der Waals surface area contributed by atoms with Gasteiger partial charge in [-0.15, -0.1) is 0 Å². The molecule has 1 unspecified atom stereocenters. The van der Waals surface area contributed by atoms with Crippen molar-refractivity contribution in [2.45, 2.75) is 5.44 Å². The molecule has 2 radical (unpaired) electrons. The zero-order valence-electron chi connectivity index (χ0n) is 18.6. The maximum absolute atomic E-state index is 13.8. The number of benzene rings is 2. The third-order valence-electron chi connectivity index (χ3n) is 5.57. The van der Waals surface area contributed by atoms with Crippen LogP contribution in [0.25, 0.3) is 10.9 Å². The lowest BCUT2D eigenvalue weighted by Crippen LogP contribution is -2.37. The molecule has 0 saturated heterocycles. The van der Waals surface area contributed by atoms with Crippen LogP contribution in [0.2, 0.25) is 5.02 Å².